The van der Waals surface area contributed by atoms with Gasteiger partial charge in [0.15, 0.2) is 0 Å². The minimum atomic E-state index is -0.789. The van der Waals surface area contributed by atoms with Gasteiger partial charge < -0.3 is 25.6 Å². The summed E-state index contributed by atoms with van der Waals surface area (Å²) in [7, 11) is 1.57. The van der Waals surface area contributed by atoms with Gasteiger partial charge in [-0.3, -0.25) is 14.4 Å². The van der Waals surface area contributed by atoms with Crippen molar-refractivity contribution in [2.24, 2.45) is 0 Å². The van der Waals surface area contributed by atoms with Crippen LogP contribution in [0.2, 0.25) is 0 Å². The van der Waals surface area contributed by atoms with E-state index in [4.69, 9.17) is 4.74 Å². The molecule has 0 bridgehead atoms. The number of ether oxygens (including phenoxy) is 1. The van der Waals surface area contributed by atoms with Crippen LogP contribution in [-0.4, -0.2) is 43.5 Å². The fraction of sp³-hybridized carbons (Fsp3) is 0.318. The molecule has 2 aromatic rings. The minimum absolute atomic E-state index is 0.0153. The Hall–Kier alpha value is -3.55. The third-order valence-electron chi connectivity index (χ3n) is 5.16. The zero-order chi connectivity index (χ0) is 21.1. The molecule has 0 spiro atoms. The number of methoxy groups -OCH3 is 1. The molecule has 156 valence electrons. The largest absolute Gasteiger partial charge is 0.497 e. The zero-order valence-electron chi connectivity index (χ0n) is 16.7. The van der Waals surface area contributed by atoms with Crippen molar-refractivity contribution in [3.8, 4) is 5.75 Å². The molecule has 3 amide bonds. The van der Waals surface area contributed by atoms with Crippen LogP contribution >= 0.6 is 0 Å². The Kier molecular flexibility index (Phi) is 5.56. The molecule has 1 saturated carbocycles. The monoisotopic (exact) mass is 408 g/mol. The lowest BCUT2D eigenvalue weighted by atomic mass is 10.0. The Labute approximate surface area is 174 Å². The van der Waals surface area contributed by atoms with Gasteiger partial charge in [0.25, 0.3) is 0 Å². The smallest absolute Gasteiger partial charge is 0.247 e. The molecule has 0 radical (unpaired) electrons. The van der Waals surface area contributed by atoms with Gasteiger partial charge in [-0.2, -0.15) is 0 Å². The Bertz CT molecular complexity index is 956. The first-order valence-corrected chi connectivity index (χ1v) is 9.93. The lowest BCUT2D eigenvalue weighted by molar-refractivity contribution is -0.123. The Morgan fingerprint density at radius 1 is 1.10 bits per heavy atom. The van der Waals surface area contributed by atoms with Crippen LogP contribution in [0.5, 0.6) is 5.75 Å². The number of nitrogens with one attached hydrogen (secondary N) is 3. The summed E-state index contributed by atoms with van der Waals surface area (Å²) in [5.74, 6) is -0.0863. The van der Waals surface area contributed by atoms with Gasteiger partial charge >= 0.3 is 0 Å². The molecule has 30 heavy (non-hydrogen) atoms. The highest BCUT2D eigenvalue weighted by Crippen LogP contribution is 2.33. The molecule has 1 atom stereocenters. The first kappa shape index (κ1) is 19.8. The van der Waals surface area contributed by atoms with Crippen LogP contribution in [0.4, 0.5) is 17.1 Å². The second-order valence-corrected chi connectivity index (χ2v) is 7.47. The molecule has 2 aliphatic rings. The van der Waals surface area contributed by atoms with Crippen molar-refractivity contribution in [3.63, 3.8) is 0 Å². The van der Waals surface area contributed by atoms with Crippen molar-refractivity contribution >= 4 is 34.8 Å². The molecule has 0 saturated heterocycles. The standard InChI is InChI=1S/C22H24N4O4/c1-30-16-10-8-15(9-11-16)23-20(27)12-19-22(29)25-17-4-2-3-5-18(17)26(19)13-21(28)24-14-6-7-14/h2-5,8-11,14,19H,6-7,12-13H2,1H3,(H,23,27)(H,24,28)(H,25,29)/t19-/m1/s1. The van der Waals surface area contributed by atoms with E-state index in [9.17, 15) is 14.4 Å². The maximum absolute atomic E-state index is 12.8. The van der Waals surface area contributed by atoms with Crippen LogP contribution in [0, 0.1) is 0 Å². The minimum Gasteiger partial charge on any atom is -0.497 e. The highest BCUT2D eigenvalue weighted by atomic mass is 16.5. The van der Waals surface area contributed by atoms with Gasteiger partial charge in [0, 0.05) is 11.7 Å². The van der Waals surface area contributed by atoms with Crippen molar-refractivity contribution < 1.29 is 19.1 Å². The molecule has 1 fully saturated rings. The van der Waals surface area contributed by atoms with Crippen LogP contribution in [-0.2, 0) is 14.4 Å². The number of nitrogens with zero attached hydrogens (tertiary/aromatic N) is 1. The van der Waals surface area contributed by atoms with E-state index in [-0.39, 0.29) is 36.7 Å². The van der Waals surface area contributed by atoms with E-state index in [2.05, 4.69) is 16.0 Å². The molecule has 4 rings (SSSR count). The van der Waals surface area contributed by atoms with Crippen LogP contribution in [0.3, 0.4) is 0 Å². The third-order valence-corrected chi connectivity index (χ3v) is 5.16. The SMILES string of the molecule is COc1ccc(NC(=O)C[C@@H]2C(=O)Nc3ccccc3N2CC(=O)NC2CC2)cc1. The normalized spacial score (nSPS) is 17.6. The number of fused-ring (bicyclic) bond motifs is 1. The quantitative estimate of drug-likeness (QED) is 0.652. The molecule has 1 aliphatic heterocycles. The van der Waals surface area contributed by atoms with E-state index in [1.54, 1.807) is 42.3 Å². The fourth-order valence-corrected chi connectivity index (χ4v) is 3.47. The summed E-state index contributed by atoms with van der Waals surface area (Å²) in [6, 6.07) is 13.7. The molecule has 3 N–H and O–H groups in total. The van der Waals surface area contributed by atoms with E-state index in [1.807, 2.05) is 18.2 Å². The number of benzene rings is 2. The molecule has 8 nitrogen and oxygen atoms in total. The van der Waals surface area contributed by atoms with E-state index in [1.165, 1.54) is 0 Å². The van der Waals surface area contributed by atoms with Crippen LogP contribution in [0.1, 0.15) is 19.3 Å². The number of para-hydroxylation sites is 2. The molecule has 2 aromatic carbocycles. The number of carbonyl (C=O) groups excluding carboxylic acids is 3. The summed E-state index contributed by atoms with van der Waals surface area (Å²) < 4.78 is 5.12. The first-order valence-electron chi connectivity index (χ1n) is 9.93. The number of hydrogen-bond donors (Lipinski definition) is 3. The van der Waals surface area contributed by atoms with E-state index >= 15 is 0 Å². The summed E-state index contributed by atoms with van der Waals surface area (Å²) in [5.41, 5.74) is 1.97. The Morgan fingerprint density at radius 3 is 2.53 bits per heavy atom. The van der Waals surface area contributed by atoms with Crippen LogP contribution in [0.25, 0.3) is 0 Å². The third kappa shape index (κ3) is 4.53. The van der Waals surface area contributed by atoms with E-state index in [0.29, 0.717) is 17.1 Å². The van der Waals surface area contributed by atoms with Gasteiger partial charge in [-0.15, -0.1) is 0 Å². The molecule has 1 heterocycles. The van der Waals surface area contributed by atoms with Crippen LogP contribution < -0.4 is 25.6 Å². The molecule has 0 aromatic heterocycles. The molecule has 8 heteroatoms. The Morgan fingerprint density at radius 2 is 1.83 bits per heavy atom. The summed E-state index contributed by atoms with van der Waals surface area (Å²) in [6.07, 6.45) is 1.88. The molecular weight excluding hydrogens is 384 g/mol. The molecular formula is C22H24N4O4. The van der Waals surface area contributed by atoms with Gasteiger partial charge in [0.05, 0.1) is 31.5 Å². The fourth-order valence-electron chi connectivity index (χ4n) is 3.47. The van der Waals surface area contributed by atoms with Gasteiger partial charge in [-0.1, -0.05) is 12.1 Å². The van der Waals surface area contributed by atoms with Crippen molar-refractivity contribution in [2.45, 2.75) is 31.3 Å². The maximum Gasteiger partial charge on any atom is 0.247 e. The zero-order valence-corrected chi connectivity index (χ0v) is 16.7. The average molecular weight is 408 g/mol. The second-order valence-electron chi connectivity index (χ2n) is 7.47. The number of hydrogen-bond acceptors (Lipinski definition) is 5. The summed E-state index contributed by atoms with van der Waals surface area (Å²) >= 11 is 0. The van der Waals surface area contributed by atoms with Gasteiger partial charge in [0.1, 0.15) is 11.8 Å². The predicted molar refractivity (Wildman–Crippen MR) is 114 cm³/mol. The summed E-state index contributed by atoms with van der Waals surface area (Å²) in [5, 5.41) is 8.59. The highest BCUT2D eigenvalue weighted by Gasteiger charge is 2.36. The predicted octanol–water partition coefficient (Wildman–Crippen LogP) is 2.13. The van der Waals surface area contributed by atoms with Gasteiger partial charge in [-0.25, -0.2) is 0 Å². The maximum atomic E-state index is 12.8. The number of amides is 3. The number of anilines is 3. The topological polar surface area (TPSA) is 99.8 Å². The molecule has 0 unspecified atom stereocenters. The highest BCUT2D eigenvalue weighted by molar-refractivity contribution is 6.07. The Balaban J connectivity index is 1.50. The van der Waals surface area contributed by atoms with Gasteiger partial charge in [0.2, 0.25) is 17.7 Å². The van der Waals surface area contributed by atoms with Crippen molar-refractivity contribution in [1.29, 1.82) is 0 Å². The molecule has 1 aliphatic carbocycles. The number of carbonyl (C=O) groups is 3. The van der Waals surface area contributed by atoms with E-state index in [0.717, 1.165) is 18.5 Å². The van der Waals surface area contributed by atoms with Crippen molar-refractivity contribution in [2.75, 3.05) is 29.2 Å². The summed E-state index contributed by atoms with van der Waals surface area (Å²) in [4.78, 5) is 39.6. The lowest BCUT2D eigenvalue weighted by Gasteiger charge is -2.37. The lowest BCUT2D eigenvalue weighted by Crippen LogP contribution is -2.53. The van der Waals surface area contributed by atoms with Crippen molar-refractivity contribution in [1.82, 2.24) is 5.32 Å². The average Bonchev–Trinajstić information content (AvgIpc) is 3.55. The van der Waals surface area contributed by atoms with Crippen molar-refractivity contribution in [3.05, 3.63) is 48.5 Å². The number of rotatable bonds is 7. The first-order chi connectivity index (χ1) is 14.5. The second kappa shape index (κ2) is 8.44. The summed E-state index contributed by atoms with van der Waals surface area (Å²) in [6.45, 7) is 0.0153. The van der Waals surface area contributed by atoms with E-state index < -0.39 is 6.04 Å². The van der Waals surface area contributed by atoms with Gasteiger partial charge in [-0.05, 0) is 49.2 Å². The van der Waals surface area contributed by atoms with Crippen LogP contribution in [0.15, 0.2) is 48.5 Å².